The number of nitrogen functional groups attached to an aromatic ring is 1. The van der Waals surface area contributed by atoms with E-state index in [9.17, 15) is 0 Å². The number of nitrogens with two attached hydrogens (primary N) is 2. The molecule has 2 aromatic rings. The number of rotatable bonds is 4. The van der Waals surface area contributed by atoms with Crippen molar-refractivity contribution in [2.45, 2.75) is 12.5 Å². The molecule has 1 atom stereocenters. The second kappa shape index (κ2) is 5.90. The van der Waals surface area contributed by atoms with Crippen LogP contribution in [-0.4, -0.2) is 9.97 Å². The van der Waals surface area contributed by atoms with Crippen molar-refractivity contribution >= 4 is 21.6 Å². The van der Waals surface area contributed by atoms with E-state index in [0.29, 0.717) is 12.1 Å². The number of halogens is 1. The third-order valence-corrected chi connectivity index (χ3v) is 3.14. The molecule has 0 saturated heterocycles. The van der Waals surface area contributed by atoms with E-state index in [2.05, 4.69) is 31.3 Å². The summed E-state index contributed by atoms with van der Waals surface area (Å²) >= 11 is 3.35. The molecule has 2 aromatic heterocycles. The normalized spacial score (nSPS) is 12.3. The van der Waals surface area contributed by atoms with Gasteiger partial charge in [0.1, 0.15) is 0 Å². The Morgan fingerprint density at radius 2 is 2.11 bits per heavy atom. The number of nitrogens with one attached hydrogen (secondary N) is 1. The van der Waals surface area contributed by atoms with Gasteiger partial charge >= 0.3 is 0 Å². The quantitative estimate of drug-likeness (QED) is 0.589. The number of hydrazine groups is 1. The number of hydrogen-bond acceptors (Lipinski definition) is 5. The van der Waals surface area contributed by atoms with Gasteiger partial charge in [-0.3, -0.25) is 21.2 Å². The van der Waals surface area contributed by atoms with Gasteiger partial charge in [-0.2, -0.15) is 0 Å². The first-order chi connectivity index (χ1) is 8.70. The highest BCUT2D eigenvalue weighted by atomic mass is 79.9. The van der Waals surface area contributed by atoms with Gasteiger partial charge in [-0.05, 0) is 46.1 Å². The Morgan fingerprint density at radius 3 is 2.72 bits per heavy atom. The Bertz CT molecular complexity index is 514. The van der Waals surface area contributed by atoms with Crippen LogP contribution in [0, 0.1) is 0 Å². The fourth-order valence-electron chi connectivity index (χ4n) is 1.67. The van der Waals surface area contributed by atoms with Gasteiger partial charge in [0.05, 0.1) is 11.7 Å². The summed E-state index contributed by atoms with van der Waals surface area (Å²) < 4.78 is 0.933. The van der Waals surface area contributed by atoms with E-state index < -0.39 is 0 Å². The predicted molar refractivity (Wildman–Crippen MR) is 74.4 cm³/mol. The predicted octanol–water partition coefficient (Wildman–Crippen LogP) is 1.57. The number of anilines is 1. The SMILES string of the molecule is NNC(Cc1cnccc1N)c1ccc(Br)cn1. The number of nitrogens with zero attached hydrogens (tertiary/aromatic N) is 2. The van der Waals surface area contributed by atoms with Crippen LogP contribution in [0.4, 0.5) is 5.69 Å². The van der Waals surface area contributed by atoms with Gasteiger partial charge in [0, 0.05) is 28.8 Å². The maximum atomic E-state index is 5.89. The summed E-state index contributed by atoms with van der Waals surface area (Å²) in [6.07, 6.45) is 5.80. The first-order valence-electron chi connectivity index (χ1n) is 5.46. The summed E-state index contributed by atoms with van der Waals surface area (Å²) in [6, 6.07) is 5.53. The first-order valence-corrected chi connectivity index (χ1v) is 6.26. The molecule has 0 aliphatic rings. The van der Waals surface area contributed by atoms with E-state index in [1.165, 1.54) is 0 Å². The zero-order valence-electron chi connectivity index (χ0n) is 9.68. The summed E-state index contributed by atoms with van der Waals surface area (Å²) in [7, 11) is 0. The highest BCUT2D eigenvalue weighted by molar-refractivity contribution is 9.10. The summed E-state index contributed by atoms with van der Waals surface area (Å²) in [5, 5.41) is 0. The summed E-state index contributed by atoms with van der Waals surface area (Å²) in [4.78, 5) is 8.39. The molecule has 94 valence electrons. The maximum absolute atomic E-state index is 5.89. The van der Waals surface area contributed by atoms with E-state index in [-0.39, 0.29) is 6.04 Å². The summed E-state index contributed by atoms with van der Waals surface area (Å²) in [6.45, 7) is 0. The molecule has 0 radical (unpaired) electrons. The average molecular weight is 308 g/mol. The lowest BCUT2D eigenvalue weighted by Crippen LogP contribution is -2.30. The molecule has 5 N–H and O–H groups in total. The molecule has 1 unspecified atom stereocenters. The molecule has 18 heavy (non-hydrogen) atoms. The first kappa shape index (κ1) is 12.9. The number of pyridine rings is 2. The fraction of sp³-hybridized carbons (Fsp3) is 0.167. The van der Waals surface area contributed by atoms with Gasteiger partial charge in [-0.25, -0.2) is 0 Å². The molecule has 2 rings (SSSR count). The minimum atomic E-state index is -0.0930. The van der Waals surface area contributed by atoms with Gasteiger partial charge in [0.2, 0.25) is 0 Å². The highest BCUT2D eigenvalue weighted by Gasteiger charge is 2.13. The molecular formula is C12H14BrN5. The topological polar surface area (TPSA) is 89.8 Å². The van der Waals surface area contributed by atoms with Gasteiger partial charge in [0.25, 0.3) is 0 Å². The molecule has 2 heterocycles. The highest BCUT2D eigenvalue weighted by Crippen LogP contribution is 2.20. The second-order valence-corrected chi connectivity index (χ2v) is 4.81. The second-order valence-electron chi connectivity index (χ2n) is 3.90. The lowest BCUT2D eigenvalue weighted by atomic mass is 10.0. The zero-order valence-corrected chi connectivity index (χ0v) is 11.3. The molecule has 0 aliphatic heterocycles. The summed E-state index contributed by atoms with van der Waals surface area (Å²) in [5.74, 6) is 5.58. The standard InChI is InChI=1S/C12H14BrN5/c13-9-1-2-11(17-7-9)12(18-15)5-8-6-16-4-3-10(8)14/h1-4,6-7,12,18H,5,15H2,(H2,14,16). The van der Waals surface area contributed by atoms with Crippen LogP contribution in [-0.2, 0) is 6.42 Å². The van der Waals surface area contributed by atoms with Crippen molar-refractivity contribution < 1.29 is 0 Å². The monoisotopic (exact) mass is 307 g/mol. The average Bonchev–Trinajstić information content (AvgIpc) is 2.39. The van der Waals surface area contributed by atoms with Crippen molar-refractivity contribution in [3.05, 3.63) is 52.5 Å². The van der Waals surface area contributed by atoms with Crippen molar-refractivity contribution in [1.29, 1.82) is 0 Å². The van der Waals surface area contributed by atoms with Crippen molar-refractivity contribution in [3.63, 3.8) is 0 Å². The van der Waals surface area contributed by atoms with Crippen LogP contribution < -0.4 is 17.0 Å². The van der Waals surface area contributed by atoms with Gasteiger partial charge in [-0.15, -0.1) is 0 Å². The van der Waals surface area contributed by atoms with Crippen LogP contribution in [0.15, 0.2) is 41.3 Å². The van der Waals surface area contributed by atoms with Crippen LogP contribution in [0.3, 0.4) is 0 Å². The molecule has 0 spiro atoms. The Labute approximate surface area is 114 Å². The molecule has 0 fully saturated rings. The molecule has 0 aliphatic carbocycles. The van der Waals surface area contributed by atoms with Crippen LogP contribution in [0.25, 0.3) is 0 Å². The summed E-state index contributed by atoms with van der Waals surface area (Å²) in [5.41, 5.74) is 11.2. The van der Waals surface area contributed by atoms with Gasteiger partial charge in [0.15, 0.2) is 0 Å². The Kier molecular flexibility index (Phi) is 4.24. The fourth-order valence-corrected chi connectivity index (χ4v) is 1.91. The van der Waals surface area contributed by atoms with Crippen molar-refractivity contribution in [2.24, 2.45) is 5.84 Å². The van der Waals surface area contributed by atoms with Crippen molar-refractivity contribution in [2.75, 3.05) is 5.73 Å². The van der Waals surface area contributed by atoms with Crippen LogP contribution in [0.5, 0.6) is 0 Å². The Morgan fingerprint density at radius 1 is 1.28 bits per heavy atom. The lowest BCUT2D eigenvalue weighted by molar-refractivity contribution is 0.538. The molecule has 6 heteroatoms. The number of hydrogen-bond donors (Lipinski definition) is 3. The lowest BCUT2D eigenvalue weighted by Gasteiger charge is -2.16. The Hall–Kier alpha value is -1.50. The molecular weight excluding hydrogens is 294 g/mol. The largest absolute Gasteiger partial charge is 0.398 e. The van der Waals surface area contributed by atoms with Gasteiger partial charge < -0.3 is 5.73 Å². The van der Waals surface area contributed by atoms with E-state index in [1.54, 1.807) is 24.7 Å². The van der Waals surface area contributed by atoms with Gasteiger partial charge in [-0.1, -0.05) is 0 Å². The molecule has 0 bridgehead atoms. The van der Waals surface area contributed by atoms with Crippen molar-refractivity contribution in [1.82, 2.24) is 15.4 Å². The van der Waals surface area contributed by atoms with Crippen molar-refractivity contribution in [3.8, 4) is 0 Å². The van der Waals surface area contributed by atoms with E-state index in [0.717, 1.165) is 15.7 Å². The number of aromatic nitrogens is 2. The molecule has 5 nitrogen and oxygen atoms in total. The smallest absolute Gasteiger partial charge is 0.0673 e. The zero-order chi connectivity index (χ0) is 13.0. The Balaban J connectivity index is 2.20. The van der Waals surface area contributed by atoms with Crippen LogP contribution in [0.2, 0.25) is 0 Å². The minimum Gasteiger partial charge on any atom is -0.398 e. The van der Waals surface area contributed by atoms with E-state index in [4.69, 9.17) is 11.6 Å². The maximum Gasteiger partial charge on any atom is 0.0673 e. The van der Waals surface area contributed by atoms with Crippen LogP contribution in [0.1, 0.15) is 17.3 Å². The van der Waals surface area contributed by atoms with E-state index in [1.807, 2.05) is 12.1 Å². The molecule has 0 aromatic carbocycles. The van der Waals surface area contributed by atoms with E-state index >= 15 is 0 Å². The third-order valence-electron chi connectivity index (χ3n) is 2.67. The van der Waals surface area contributed by atoms with Crippen LogP contribution >= 0.6 is 15.9 Å². The molecule has 0 amide bonds. The molecule has 0 saturated carbocycles. The third kappa shape index (κ3) is 3.04. The minimum absolute atomic E-state index is 0.0930.